The van der Waals surface area contributed by atoms with Crippen molar-refractivity contribution in [3.63, 3.8) is 0 Å². The van der Waals surface area contributed by atoms with Gasteiger partial charge in [0.2, 0.25) is 5.91 Å². The summed E-state index contributed by atoms with van der Waals surface area (Å²) in [5.41, 5.74) is 2.27. The normalized spacial score (nSPS) is 12.3. The zero-order valence-electron chi connectivity index (χ0n) is 13.4. The molecule has 1 unspecified atom stereocenters. The van der Waals surface area contributed by atoms with Crippen molar-refractivity contribution in [2.75, 3.05) is 0 Å². The van der Waals surface area contributed by atoms with Crippen LogP contribution in [-0.4, -0.2) is 27.5 Å². The first kappa shape index (κ1) is 16.8. The summed E-state index contributed by atoms with van der Waals surface area (Å²) in [4.78, 5) is 12.2. The van der Waals surface area contributed by atoms with Crippen LogP contribution in [0.1, 0.15) is 18.5 Å². The smallest absolute Gasteiger partial charge is 0.387 e. The summed E-state index contributed by atoms with van der Waals surface area (Å²) in [7, 11) is 0. The zero-order chi connectivity index (χ0) is 17.8. The monoisotopic (exact) mass is 346 g/mol. The number of benzene rings is 2. The summed E-state index contributed by atoms with van der Waals surface area (Å²) in [6.45, 7) is -1.02. The number of fused-ring (bicyclic) bond motifs is 1. The molecule has 0 fully saturated rings. The average Bonchev–Trinajstić information content (AvgIpc) is 2.98. The third-order valence-corrected chi connectivity index (χ3v) is 3.70. The van der Waals surface area contributed by atoms with Crippen LogP contribution in [0, 0.1) is 0 Å². The first-order chi connectivity index (χ1) is 12.0. The Bertz CT molecular complexity index is 864. The van der Waals surface area contributed by atoms with Crippen LogP contribution in [0.4, 0.5) is 8.78 Å². The molecular weight excluding hydrogens is 330 g/mol. The van der Waals surface area contributed by atoms with E-state index < -0.39 is 6.61 Å². The van der Waals surface area contributed by atoms with Gasteiger partial charge in [-0.25, -0.2) is 4.68 Å². The minimum Gasteiger partial charge on any atom is -0.435 e. The lowest BCUT2D eigenvalue weighted by Gasteiger charge is -2.15. The van der Waals surface area contributed by atoms with Crippen molar-refractivity contribution < 1.29 is 18.3 Å². The Labute approximate surface area is 142 Å². The van der Waals surface area contributed by atoms with Gasteiger partial charge in [-0.3, -0.25) is 4.79 Å². The van der Waals surface area contributed by atoms with Gasteiger partial charge in [-0.15, -0.1) is 5.10 Å². The number of nitrogens with one attached hydrogen (secondary N) is 1. The fourth-order valence-corrected chi connectivity index (χ4v) is 2.48. The van der Waals surface area contributed by atoms with Crippen molar-refractivity contribution in [1.29, 1.82) is 0 Å². The molecule has 1 N–H and O–H groups in total. The molecule has 0 aliphatic carbocycles. The highest BCUT2D eigenvalue weighted by Gasteiger charge is 2.13. The fraction of sp³-hybridized carbons (Fsp3) is 0.235. The molecule has 0 saturated heterocycles. The summed E-state index contributed by atoms with van der Waals surface area (Å²) in [6, 6.07) is 13.2. The van der Waals surface area contributed by atoms with Crippen LogP contribution in [0.25, 0.3) is 11.0 Å². The molecule has 3 aromatic rings. The van der Waals surface area contributed by atoms with Crippen molar-refractivity contribution >= 4 is 16.9 Å². The molecule has 25 heavy (non-hydrogen) atoms. The van der Waals surface area contributed by atoms with Crippen LogP contribution in [0.3, 0.4) is 0 Å². The number of carbonyl (C=O) groups excluding carboxylic acids is 1. The van der Waals surface area contributed by atoms with Gasteiger partial charge in [0.15, 0.2) is 0 Å². The van der Waals surface area contributed by atoms with E-state index in [9.17, 15) is 13.6 Å². The van der Waals surface area contributed by atoms with E-state index in [1.807, 2.05) is 24.3 Å². The fourth-order valence-electron chi connectivity index (χ4n) is 2.48. The topological polar surface area (TPSA) is 69.0 Å². The van der Waals surface area contributed by atoms with Crippen molar-refractivity contribution in [1.82, 2.24) is 20.3 Å². The number of ether oxygens (including phenoxy) is 1. The number of amides is 1. The van der Waals surface area contributed by atoms with Gasteiger partial charge in [0.1, 0.15) is 17.8 Å². The molecule has 0 radical (unpaired) electrons. The van der Waals surface area contributed by atoms with Crippen LogP contribution in [0.5, 0.6) is 5.75 Å². The molecule has 130 valence electrons. The molecular formula is C17H16F2N4O2. The quantitative estimate of drug-likeness (QED) is 0.745. The van der Waals surface area contributed by atoms with Crippen molar-refractivity contribution in [3.05, 3.63) is 54.1 Å². The molecule has 8 heteroatoms. The highest BCUT2D eigenvalue weighted by atomic mass is 19.3. The Morgan fingerprint density at radius 2 is 1.92 bits per heavy atom. The number of aromatic nitrogens is 3. The molecule has 1 heterocycles. The minimum atomic E-state index is -2.86. The number of rotatable bonds is 6. The zero-order valence-corrected chi connectivity index (χ0v) is 13.4. The van der Waals surface area contributed by atoms with E-state index in [4.69, 9.17) is 0 Å². The number of para-hydroxylation sites is 1. The third-order valence-electron chi connectivity index (χ3n) is 3.70. The molecule has 1 atom stereocenters. The van der Waals surface area contributed by atoms with Crippen LogP contribution < -0.4 is 10.1 Å². The highest BCUT2D eigenvalue weighted by molar-refractivity contribution is 5.80. The Hall–Kier alpha value is -3.03. The summed E-state index contributed by atoms with van der Waals surface area (Å²) in [6.07, 6.45) is 0. The van der Waals surface area contributed by atoms with E-state index in [0.717, 1.165) is 16.6 Å². The van der Waals surface area contributed by atoms with Crippen LogP contribution >= 0.6 is 0 Å². The van der Waals surface area contributed by atoms with Gasteiger partial charge in [-0.05, 0) is 36.8 Å². The van der Waals surface area contributed by atoms with Gasteiger partial charge < -0.3 is 10.1 Å². The lowest BCUT2D eigenvalue weighted by molar-refractivity contribution is -0.122. The Morgan fingerprint density at radius 1 is 1.20 bits per heavy atom. The number of alkyl halides is 2. The SMILES string of the molecule is CC(NC(=O)Cn1nnc2ccccc21)c1ccc(OC(F)F)cc1. The Balaban J connectivity index is 1.62. The van der Waals surface area contributed by atoms with Gasteiger partial charge in [-0.2, -0.15) is 8.78 Å². The maximum atomic E-state index is 12.2. The standard InChI is InChI=1S/C17H16F2N4O2/c1-11(12-6-8-13(9-7-12)25-17(18)19)20-16(24)10-23-15-5-3-2-4-14(15)21-22-23/h2-9,11,17H,10H2,1H3,(H,20,24). The summed E-state index contributed by atoms with van der Waals surface area (Å²) >= 11 is 0. The molecule has 0 aliphatic heterocycles. The molecule has 0 saturated carbocycles. The lowest BCUT2D eigenvalue weighted by atomic mass is 10.1. The van der Waals surface area contributed by atoms with Crippen LogP contribution in [0.15, 0.2) is 48.5 Å². The average molecular weight is 346 g/mol. The molecule has 3 rings (SSSR count). The largest absolute Gasteiger partial charge is 0.435 e. The Kier molecular flexibility index (Phi) is 4.87. The Morgan fingerprint density at radius 3 is 2.64 bits per heavy atom. The number of hydrogen-bond donors (Lipinski definition) is 1. The second kappa shape index (κ2) is 7.25. The van der Waals surface area contributed by atoms with E-state index in [1.165, 1.54) is 16.8 Å². The number of hydrogen-bond acceptors (Lipinski definition) is 4. The van der Waals surface area contributed by atoms with Gasteiger partial charge in [0.05, 0.1) is 11.6 Å². The number of nitrogens with zero attached hydrogens (tertiary/aromatic N) is 3. The van der Waals surface area contributed by atoms with E-state index in [-0.39, 0.29) is 24.2 Å². The molecule has 0 bridgehead atoms. The number of halogens is 2. The van der Waals surface area contributed by atoms with E-state index in [1.54, 1.807) is 19.1 Å². The first-order valence-electron chi connectivity index (χ1n) is 7.65. The van der Waals surface area contributed by atoms with E-state index in [2.05, 4.69) is 20.4 Å². The number of carbonyl (C=O) groups is 1. The summed E-state index contributed by atoms with van der Waals surface area (Å²) in [5.74, 6) is -0.151. The molecule has 6 nitrogen and oxygen atoms in total. The molecule has 2 aromatic carbocycles. The minimum absolute atomic E-state index is 0.0391. The molecule has 1 aromatic heterocycles. The van der Waals surface area contributed by atoms with Crippen molar-refractivity contribution in [2.24, 2.45) is 0 Å². The second-order valence-electron chi connectivity index (χ2n) is 5.47. The maximum Gasteiger partial charge on any atom is 0.387 e. The third kappa shape index (κ3) is 4.09. The predicted octanol–water partition coefficient (Wildman–Crippen LogP) is 2.91. The predicted molar refractivity (Wildman–Crippen MR) is 87.2 cm³/mol. The van der Waals surface area contributed by atoms with Crippen LogP contribution in [0.2, 0.25) is 0 Å². The van der Waals surface area contributed by atoms with Crippen molar-refractivity contribution in [2.45, 2.75) is 26.1 Å². The highest BCUT2D eigenvalue weighted by Crippen LogP contribution is 2.19. The second-order valence-corrected chi connectivity index (χ2v) is 5.47. The van der Waals surface area contributed by atoms with Gasteiger partial charge in [0.25, 0.3) is 0 Å². The lowest BCUT2D eigenvalue weighted by Crippen LogP contribution is -2.30. The molecule has 0 spiro atoms. The summed E-state index contributed by atoms with van der Waals surface area (Å²) < 4.78 is 30.1. The van der Waals surface area contributed by atoms with E-state index >= 15 is 0 Å². The van der Waals surface area contributed by atoms with Crippen molar-refractivity contribution in [3.8, 4) is 5.75 Å². The van der Waals surface area contributed by atoms with Gasteiger partial charge in [-0.1, -0.05) is 29.5 Å². The van der Waals surface area contributed by atoms with Gasteiger partial charge >= 0.3 is 6.61 Å². The molecule has 1 amide bonds. The van der Waals surface area contributed by atoms with E-state index in [0.29, 0.717) is 0 Å². The first-order valence-corrected chi connectivity index (χ1v) is 7.65. The van der Waals surface area contributed by atoms with Crippen LogP contribution in [-0.2, 0) is 11.3 Å². The van der Waals surface area contributed by atoms with Gasteiger partial charge in [0, 0.05) is 0 Å². The maximum absolute atomic E-state index is 12.2. The molecule has 0 aliphatic rings. The summed E-state index contributed by atoms with van der Waals surface area (Å²) in [5, 5.41) is 10.8.